The van der Waals surface area contributed by atoms with Crippen molar-refractivity contribution in [1.82, 2.24) is 10.2 Å². The second-order valence-corrected chi connectivity index (χ2v) is 7.77. The molecule has 5 heteroatoms. The van der Waals surface area contributed by atoms with E-state index < -0.39 is 5.82 Å². The molecule has 30 heavy (non-hydrogen) atoms. The van der Waals surface area contributed by atoms with Crippen molar-refractivity contribution in [3.8, 4) is 11.1 Å². The van der Waals surface area contributed by atoms with Crippen LogP contribution in [0.5, 0.6) is 0 Å². The fourth-order valence-electron chi connectivity index (χ4n) is 4.19. The number of amides is 1. The van der Waals surface area contributed by atoms with E-state index in [9.17, 15) is 14.3 Å². The van der Waals surface area contributed by atoms with Crippen molar-refractivity contribution in [3.63, 3.8) is 0 Å². The topological polar surface area (TPSA) is 52.6 Å². The van der Waals surface area contributed by atoms with E-state index >= 15 is 0 Å². The van der Waals surface area contributed by atoms with E-state index in [-0.39, 0.29) is 30.5 Å². The standard InChI is InChI=1S/C25H25FN2O2/c1-28(25(30)20-8-5-9-21(26)14-20)15-22-24(23(16-29)27-22)19-12-10-18(11-13-19)17-6-3-2-4-7-17/h2-14,22-24,27,29H,15-16H2,1H3/t22-,23+,24-/m1/s1. The van der Waals surface area contributed by atoms with Crippen LogP contribution in [0.25, 0.3) is 11.1 Å². The van der Waals surface area contributed by atoms with Crippen LogP contribution in [-0.2, 0) is 0 Å². The summed E-state index contributed by atoms with van der Waals surface area (Å²) in [5, 5.41) is 13.1. The van der Waals surface area contributed by atoms with Gasteiger partial charge in [0.25, 0.3) is 5.91 Å². The highest BCUT2D eigenvalue weighted by atomic mass is 19.1. The predicted octanol–water partition coefficient (Wildman–Crippen LogP) is 3.68. The number of likely N-dealkylation sites (N-methyl/N-ethyl adjacent to an activating group) is 1. The maximum atomic E-state index is 13.5. The van der Waals surface area contributed by atoms with Gasteiger partial charge in [0.05, 0.1) is 6.61 Å². The van der Waals surface area contributed by atoms with Crippen molar-refractivity contribution in [2.45, 2.75) is 18.0 Å². The van der Waals surface area contributed by atoms with E-state index in [0.717, 1.165) is 16.7 Å². The van der Waals surface area contributed by atoms with Crippen LogP contribution in [0.4, 0.5) is 4.39 Å². The molecule has 0 saturated carbocycles. The Morgan fingerprint density at radius 1 is 0.967 bits per heavy atom. The number of nitrogens with zero attached hydrogens (tertiary/aromatic N) is 1. The van der Waals surface area contributed by atoms with Crippen molar-refractivity contribution in [2.24, 2.45) is 0 Å². The van der Waals surface area contributed by atoms with E-state index in [1.54, 1.807) is 18.0 Å². The lowest BCUT2D eigenvalue weighted by molar-refractivity contribution is 0.0683. The van der Waals surface area contributed by atoms with Crippen LogP contribution >= 0.6 is 0 Å². The predicted molar refractivity (Wildman–Crippen MR) is 116 cm³/mol. The summed E-state index contributed by atoms with van der Waals surface area (Å²) in [5.74, 6) is -0.544. The lowest BCUT2D eigenvalue weighted by Crippen LogP contribution is -2.64. The highest BCUT2D eigenvalue weighted by molar-refractivity contribution is 5.94. The molecule has 0 unspecified atom stereocenters. The third kappa shape index (κ3) is 4.13. The van der Waals surface area contributed by atoms with Crippen molar-refractivity contribution < 1.29 is 14.3 Å². The van der Waals surface area contributed by atoms with Crippen LogP contribution in [0.1, 0.15) is 21.8 Å². The van der Waals surface area contributed by atoms with E-state index in [1.165, 1.54) is 18.2 Å². The highest BCUT2D eigenvalue weighted by Gasteiger charge is 2.41. The quantitative estimate of drug-likeness (QED) is 0.659. The molecular formula is C25H25FN2O2. The lowest BCUT2D eigenvalue weighted by atomic mass is 9.77. The molecule has 1 amide bonds. The first-order chi connectivity index (χ1) is 14.6. The Labute approximate surface area is 176 Å². The number of rotatable bonds is 6. The fraction of sp³-hybridized carbons (Fsp3) is 0.240. The summed E-state index contributed by atoms with van der Waals surface area (Å²) in [4.78, 5) is 14.3. The van der Waals surface area contributed by atoms with Crippen LogP contribution in [0, 0.1) is 5.82 Å². The zero-order valence-corrected chi connectivity index (χ0v) is 16.8. The van der Waals surface area contributed by atoms with Crippen LogP contribution in [0.15, 0.2) is 78.9 Å². The van der Waals surface area contributed by atoms with Gasteiger partial charge in [-0.3, -0.25) is 4.79 Å². The maximum absolute atomic E-state index is 13.5. The summed E-state index contributed by atoms with van der Waals surface area (Å²) in [7, 11) is 1.72. The van der Waals surface area contributed by atoms with E-state index in [2.05, 4.69) is 41.7 Å². The molecular weight excluding hydrogens is 379 g/mol. The molecule has 0 spiro atoms. The Morgan fingerprint density at radius 2 is 1.67 bits per heavy atom. The fourth-order valence-corrected chi connectivity index (χ4v) is 4.19. The Morgan fingerprint density at radius 3 is 2.33 bits per heavy atom. The SMILES string of the molecule is CN(C[C@H]1N[C@@H](CO)[C@@H]1c1ccc(-c2ccccc2)cc1)C(=O)c1cccc(F)c1. The van der Waals surface area contributed by atoms with Gasteiger partial charge in [-0.15, -0.1) is 0 Å². The molecule has 1 saturated heterocycles. The first-order valence-electron chi connectivity index (χ1n) is 10.1. The van der Waals surface area contributed by atoms with E-state index in [1.807, 2.05) is 18.2 Å². The molecule has 0 radical (unpaired) electrons. The largest absolute Gasteiger partial charge is 0.395 e. The number of hydrogen-bond donors (Lipinski definition) is 2. The molecule has 2 N–H and O–H groups in total. The highest BCUT2D eigenvalue weighted by Crippen LogP contribution is 2.34. The molecule has 3 atom stereocenters. The van der Waals surface area contributed by atoms with Gasteiger partial charge in [-0.05, 0) is 34.9 Å². The molecule has 1 heterocycles. The second-order valence-electron chi connectivity index (χ2n) is 7.77. The van der Waals surface area contributed by atoms with Crippen LogP contribution < -0.4 is 5.32 Å². The summed E-state index contributed by atoms with van der Waals surface area (Å²) in [6.07, 6.45) is 0. The number of benzene rings is 3. The van der Waals surface area contributed by atoms with Crippen molar-refractivity contribution >= 4 is 5.91 Å². The Kier molecular flexibility index (Phi) is 5.93. The van der Waals surface area contributed by atoms with Crippen LogP contribution in [0.3, 0.4) is 0 Å². The van der Waals surface area contributed by atoms with Gasteiger partial charge in [0.1, 0.15) is 5.82 Å². The minimum atomic E-state index is -0.423. The van der Waals surface area contributed by atoms with Crippen molar-refractivity contribution in [2.75, 3.05) is 20.2 Å². The number of aliphatic hydroxyl groups excluding tert-OH is 1. The first-order valence-corrected chi connectivity index (χ1v) is 10.1. The van der Waals surface area contributed by atoms with Gasteiger partial charge in [-0.25, -0.2) is 4.39 Å². The Balaban J connectivity index is 1.47. The number of carbonyl (C=O) groups excluding carboxylic acids is 1. The smallest absolute Gasteiger partial charge is 0.253 e. The van der Waals surface area contributed by atoms with Crippen molar-refractivity contribution in [3.05, 3.63) is 95.8 Å². The minimum Gasteiger partial charge on any atom is -0.395 e. The molecule has 1 aliphatic heterocycles. The monoisotopic (exact) mass is 404 g/mol. The number of hydrogen-bond acceptors (Lipinski definition) is 3. The summed E-state index contributed by atoms with van der Waals surface area (Å²) in [6.45, 7) is 0.500. The Bertz CT molecular complexity index is 1010. The Hall–Kier alpha value is -3.02. The lowest BCUT2D eigenvalue weighted by Gasteiger charge is -2.47. The molecule has 3 aromatic carbocycles. The van der Waals surface area contributed by atoms with Gasteiger partial charge in [0.2, 0.25) is 0 Å². The van der Waals surface area contributed by atoms with Crippen LogP contribution in [-0.4, -0.2) is 48.2 Å². The maximum Gasteiger partial charge on any atom is 0.253 e. The molecule has 0 aliphatic carbocycles. The van der Waals surface area contributed by atoms with Crippen molar-refractivity contribution in [1.29, 1.82) is 0 Å². The molecule has 4 rings (SSSR count). The molecule has 1 fully saturated rings. The van der Waals surface area contributed by atoms with E-state index in [4.69, 9.17) is 0 Å². The summed E-state index contributed by atoms with van der Waals surface area (Å²) in [6, 6.07) is 24.3. The molecule has 1 aliphatic rings. The summed E-state index contributed by atoms with van der Waals surface area (Å²) >= 11 is 0. The third-order valence-corrected chi connectivity index (χ3v) is 5.78. The van der Waals surface area contributed by atoms with Crippen LogP contribution in [0.2, 0.25) is 0 Å². The number of nitrogens with one attached hydrogen (secondary N) is 1. The molecule has 4 nitrogen and oxygen atoms in total. The number of aliphatic hydroxyl groups is 1. The zero-order chi connectivity index (χ0) is 21.1. The first kappa shape index (κ1) is 20.3. The number of carbonyl (C=O) groups is 1. The summed E-state index contributed by atoms with van der Waals surface area (Å²) < 4.78 is 13.5. The van der Waals surface area contributed by atoms with Gasteiger partial charge in [0, 0.05) is 37.2 Å². The molecule has 154 valence electrons. The van der Waals surface area contributed by atoms with Gasteiger partial charge in [0.15, 0.2) is 0 Å². The molecule has 3 aromatic rings. The second kappa shape index (κ2) is 8.78. The summed E-state index contributed by atoms with van der Waals surface area (Å²) in [5.41, 5.74) is 3.76. The zero-order valence-electron chi connectivity index (χ0n) is 16.8. The average Bonchev–Trinajstić information content (AvgIpc) is 2.76. The number of halogens is 1. The van der Waals surface area contributed by atoms with Gasteiger partial charge in [-0.1, -0.05) is 60.7 Å². The van der Waals surface area contributed by atoms with Gasteiger partial charge < -0.3 is 15.3 Å². The van der Waals surface area contributed by atoms with E-state index in [0.29, 0.717) is 12.1 Å². The minimum absolute atomic E-state index is 0.0206. The van der Waals surface area contributed by atoms with Gasteiger partial charge >= 0.3 is 0 Å². The molecule has 0 bridgehead atoms. The van der Waals surface area contributed by atoms with Gasteiger partial charge in [-0.2, -0.15) is 0 Å². The average molecular weight is 404 g/mol. The molecule has 0 aromatic heterocycles. The third-order valence-electron chi connectivity index (χ3n) is 5.78. The normalized spacial score (nSPS) is 20.4.